The van der Waals surface area contributed by atoms with Gasteiger partial charge in [-0.3, -0.25) is 9.59 Å². The van der Waals surface area contributed by atoms with Crippen LogP contribution in [0.15, 0.2) is 54.6 Å². The predicted octanol–water partition coefficient (Wildman–Crippen LogP) is 4.59. The van der Waals surface area contributed by atoms with Gasteiger partial charge in [0.2, 0.25) is 5.91 Å². The molecule has 2 rings (SSSR count). The third-order valence-electron chi connectivity index (χ3n) is 4.34. The summed E-state index contributed by atoms with van der Waals surface area (Å²) < 4.78 is 0. The summed E-state index contributed by atoms with van der Waals surface area (Å²) in [6.45, 7) is 8.26. The molecule has 4 heteroatoms. The first kappa shape index (κ1) is 19.7. The standard InChI is InChI=1S/C22H28N2O2/c1-5-16(17-10-7-6-8-11-17)15-23-20(25)18-12-9-13-19(14-18)24-21(26)22(2,3)4/h6-14,16H,5,15H2,1-4H3,(H,23,25)(H,24,26). The molecule has 2 amide bonds. The van der Waals surface area contributed by atoms with Crippen molar-refractivity contribution in [3.05, 3.63) is 65.7 Å². The van der Waals surface area contributed by atoms with Crippen molar-refractivity contribution in [2.24, 2.45) is 5.41 Å². The van der Waals surface area contributed by atoms with Crippen LogP contribution in [0, 0.1) is 5.41 Å². The second-order valence-corrected chi connectivity index (χ2v) is 7.51. The Morgan fingerprint density at radius 1 is 1.00 bits per heavy atom. The highest BCUT2D eigenvalue weighted by atomic mass is 16.2. The fourth-order valence-corrected chi connectivity index (χ4v) is 2.60. The molecule has 4 nitrogen and oxygen atoms in total. The molecular weight excluding hydrogens is 324 g/mol. The Hall–Kier alpha value is -2.62. The molecule has 0 aliphatic heterocycles. The lowest BCUT2D eigenvalue weighted by Gasteiger charge is -2.18. The Balaban J connectivity index is 2.01. The van der Waals surface area contributed by atoms with Gasteiger partial charge in [0.1, 0.15) is 0 Å². The number of carbonyl (C=O) groups excluding carboxylic acids is 2. The third kappa shape index (κ3) is 5.45. The van der Waals surface area contributed by atoms with E-state index in [2.05, 4.69) is 29.7 Å². The lowest BCUT2D eigenvalue weighted by Crippen LogP contribution is -2.29. The number of hydrogen-bond donors (Lipinski definition) is 2. The Labute approximate surface area is 156 Å². The Morgan fingerprint density at radius 3 is 2.31 bits per heavy atom. The molecule has 2 aromatic carbocycles. The highest BCUT2D eigenvalue weighted by Gasteiger charge is 2.21. The monoisotopic (exact) mass is 352 g/mol. The van der Waals surface area contributed by atoms with E-state index in [1.54, 1.807) is 24.3 Å². The first-order valence-electron chi connectivity index (χ1n) is 9.06. The van der Waals surface area contributed by atoms with Crippen LogP contribution in [-0.2, 0) is 4.79 Å². The average Bonchev–Trinajstić information content (AvgIpc) is 2.62. The lowest BCUT2D eigenvalue weighted by atomic mass is 9.95. The van der Waals surface area contributed by atoms with Crippen molar-refractivity contribution in [3.8, 4) is 0 Å². The van der Waals surface area contributed by atoms with E-state index in [1.165, 1.54) is 5.56 Å². The average molecular weight is 352 g/mol. The van der Waals surface area contributed by atoms with Crippen LogP contribution in [0.5, 0.6) is 0 Å². The van der Waals surface area contributed by atoms with E-state index in [9.17, 15) is 9.59 Å². The second kappa shape index (κ2) is 8.65. The van der Waals surface area contributed by atoms with Gasteiger partial charge in [0.15, 0.2) is 0 Å². The van der Waals surface area contributed by atoms with Gasteiger partial charge in [-0.15, -0.1) is 0 Å². The van der Waals surface area contributed by atoms with Gasteiger partial charge in [0, 0.05) is 29.1 Å². The van der Waals surface area contributed by atoms with Crippen LogP contribution >= 0.6 is 0 Å². The van der Waals surface area contributed by atoms with E-state index in [0.29, 0.717) is 17.8 Å². The van der Waals surface area contributed by atoms with Crippen LogP contribution in [0.4, 0.5) is 5.69 Å². The second-order valence-electron chi connectivity index (χ2n) is 7.51. The summed E-state index contributed by atoms with van der Waals surface area (Å²) in [6, 6.07) is 17.2. The fraction of sp³-hybridized carbons (Fsp3) is 0.364. The first-order valence-corrected chi connectivity index (χ1v) is 9.06. The molecule has 2 aromatic rings. The summed E-state index contributed by atoms with van der Waals surface area (Å²) in [5.41, 5.74) is 1.91. The van der Waals surface area contributed by atoms with Crippen molar-refractivity contribution >= 4 is 17.5 Å². The number of amides is 2. The Bertz CT molecular complexity index is 748. The molecule has 0 heterocycles. The molecule has 0 saturated heterocycles. The largest absolute Gasteiger partial charge is 0.351 e. The number of hydrogen-bond acceptors (Lipinski definition) is 2. The summed E-state index contributed by atoms with van der Waals surface area (Å²) in [5, 5.41) is 5.87. The fourth-order valence-electron chi connectivity index (χ4n) is 2.60. The van der Waals surface area contributed by atoms with Crippen LogP contribution in [0.3, 0.4) is 0 Å². The van der Waals surface area contributed by atoms with Crippen LogP contribution < -0.4 is 10.6 Å². The molecule has 26 heavy (non-hydrogen) atoms. The molecule has 0 radical (unpaired) electrons. The number of carbonyl (C=O) groups is 2. The van der Waals surface area contributed by atoms with Crippen LogP contribution in [-0.4, -0.2) is 18.4 Å². The van der Waals surface area contributed by atoms with E-state index in [-0.39, 0.29) is 17.7 Å². The third-order valence-corrected chi connectivity index (χ3v) is 4.34. The van der Waals surface area contributed by atoms with Gasteiger partial charge < -0.3 is 10.6 Å². The molecule has 0 spiro atoms. The predicted molar refractivity (Wildman–Crippen MR) is 106 cm³/mol. The lowest BCUT2D eigenvalue weighted by molar-refractivity contribution is -0.123. The molecule has 1 atom stereocenters. The normalized spacial score (nSPS) is 12.3. The Morgan fingerprint density at radius 2 is 1.69 bits per heavy atom. The van der Waals surface area contributed by atoms with Gasteiger partial charge >= 0.3 is 0 Å². The van der Waals surface area contributed by atoms with E-state index >= 15 is 0 Å². The molecule has 138 valence electrons. The number of nitrogens with one attached hydrogen (secondary N) is 2. The minimum absolute atomic E-state index is 0.0785. The summed E-state index contributed by atoms with van der Waals surface area (Å²) in [6.07, 6.45) is 0.950. The smallest absolute Gasteiger partial charge is 0.251 e. The van der Waals surface area contributed by atoms with Crippen LogP contribution in [0.2, 0.25) is 0 Å². The molecule has 0 bridgehead atoms. The minimum Gasteiger partial charge on any atom is -0.351 e. The van der Waals surface area contributed by atoms with Crippen molar-refractivity contribution < 1.29 is 9.59 Å². The van der Waals surface area contributed by atoms with Gasteiger partial charge in [-0.1, -0.05) is 64.1 Å². The molecule has 0 aromatic heterocycles. The molecule has 0 aliphatic rings. The highest BCUT2D eigenvalue weighted by molar-refractivity contribution is 5.98. The topological polar surface area (TPSA) is 58.2 Å². The Kier molecular flexibility index (Phi) is 6.56. The summed E-state index contributed by atoms with van der Waals surface area (Å²) in [4.78, 5) is 24.6. The number of anilines is 1. The van der Waals surface area contributed by atoms with Crippen LogP contribution in [0.25, 0.3) is 0 Å². The number of rotatable bonds is 6. The molecular formula is C22H28N2O2. The van der Waals surface area contributed by atoms with Gasteiger partial charge in [-0.25, -0.2) is 0 Å². The van der Waals surface area contributed by atoms with Gasteiger partial charge in [0.25, 0.3) is 5.91 Å². The zero-order valence-corrected chi connectivity index (χ0v) is 16.0. The van der Waals surface area contributed by atoms with E-state index in [0.717, 1.165) is 6.42 Å². The quantitative estimate of drug-likeness (QED) is 0.798. The maximum Gasteiger partial charge on any atom is 0.251 e. The summed E-state index contributed by atoms with van der Waals surface area (Å²) in [5.74, 6) is 0.0698. The zero-order valence-electron chi connectivity index (χ0n) is 16.0. The molecule has 2 N–H and O–H groups in total. The highest BCUT2D eigenvalue weighted by Crippen LogP contribution is 2.20. The minimum atomic E-state index is -0.484. The van der Waals surface area contributed by atoms with Crippen molar-refractivity contribution in [1.29, 1.82) is 0 Å². The van der Waals surface area contributed by atoms with Crippen molar-refractivity contribution in [2.45, 2.75) is 40.0 Å². The van der Waals surface area contributed by atoms with E-state index < -0.39 is 5.41 Å². The van der Waals surface area contributed by atoms with Crippen molar-refractivity contribution in [3.63, 3.8) is 0 Å². The van der Waals surface area contributed by atoms with Crippen molar-refractivity contribution in [2.75, 3.05) is 11.9 Å². The molecule has 0 fully saturated rings. The van der Waals surface area contributed by atoms with Gasteiger partial charge in [-0.05, 0) is 30.2 Å². The maximum atomic E-state index is 12.5. The van der Waals surface area contributed by atoms with Crippen molar-refractivity contribution in [1.82, 2.24) is 5.32 Å². The maximum absolute atomic E-state index is 12.5. The summed E-state index contributed by atoms with van der Waals surface area (Å²) in [7, 11) is 0. The van der Waals surface area contributed by atoms with Gasteiger partial charge in [0.05, 0.1) is 0 Å². The molecule has 0 saturated carbocycles. The SMILES string of the molecule is CCC(CNC(=O)c1cccc(NC(=O)C(C)(C)C)c1)c1ccccc1. The molecule has 0 aliphatic carbocycles. The van der Waals surface area contributed by atoms with E-state index in [4.69, 9.17) is 0 Å². The first-order chi connectivity index (χ1) is 12.3. The zero-order chi connectivity index (χ0) is 19.2. The van der Waals surface area contributed by atoms with Crippen LogP contribution in [0.1, 0.15) is 56.0 Å². The van der Waals surface area contributed by atoms with Gasteiger partial charge in [-0.2, -0.15) is 0 Å². The number of benzene rings is 2. The van der Waals surface area contributed by atoms with E-state index in [1.807, 2.05) is 39.0 Å². The molecule has 1 unspecified atom stereocenters. The summed E-state index contributed by atoms with van der Waals surface area (Å²) >= 11 is 0.